The zero-order valence-electron chi connectivity index (χ0n) is 12.9. The first-order valence-corrected chi connectivity index (χ1v) is 7.49. The predicted molar refractivity (Wildman–Crippen MR) is 89.3 cm³/mol. The van der Waals surface area contributed by atoms with E-state index in [9.17, 15) is 0 Å². The zero-order chi connectivity index (χ0) is 14.8. The molecular formula is C17H27N3. The molecule has 0 fully saturated rings. The summed E-state index contributed by atoms with van der Waals surface area (Å²) in [7, 11) is 0. The summed E-state index contributed by atoms with van der Waals surface area (Å²) in [6.07, 6.45) is 7.27. The van der Waals surface area contributed by atoms with Crippen molar-refractivity contribution in [3.63, 3.8) is 0 Å². The molecule has 110 valence electrons. The average Bonchev–Trinajstić information content (AvgIpc) is 2.46. The number of aliphatic imine (C=N–C) groups is 1. The summed E-state index contributed by atoms with van der Waals surface area (Å²) in [4.78, 5) is 4.00. The van der Waals surface area contributed by atoms with Crippen LogP contribution < -0.4 is 11.1 Å². The van der Waals surface area contributed by atoms with Crippen molar-refractivity contribution in [3.05, 3.63) is 41.7 Å². The maximum atomic E-state index is 5.69. The number of rotatable bonds is 8. The normalized spacial score (nSPS) is 13.7. The molecule has 1 unspecified atom stereocenters. The molecule has 3 nitrogen and oxygen atoms in total. The number of hydrogen-bond donors (Lipinski definition) is 2. The number of benzene rings is 1. The van der Waals surface area contributed by atoms with E-state index in [-0.39, 0.29) is 0 Å². The molecule has 1 aromatic carbocycles. The van der Waals surface area contributed by atoms with Gasteiger partial charge in [-0.25, -0.2) is 4.99 Å². The van der Waals surface area contributed by atoms with Crippen LogP contribution in [0.3, 0.4) is 0 Å². The van der Waals surface area contributed by atoms with Crippen molar-refractivity contribution in [1.82, 2.24) is 0 Å². The molecule has 1 rings (SSSR count). The molecular weight excluding hydrogens is 246 g/mol. The Morgan fingerprint density at radius 2 is 2.00 bits per heavy atom. The van der Waals surface area contributed by atoms with E-state index >= 15 is 0 Å². The van der Waals surface area contributed by atoms with Gasteiger partial charge in [-0.3, -0.25) is 0 Å². The molecule has 0 aliphatic carbocycles. The van der Waals surface area contributed by atoms with Gasteiger partial charge in [0.15, 0.2) is 0 Å². The van der Waals surface area contributed by atoms with Gasteiger partial charge in [0.2, 0.25) is 0 Å². The predicted octanol–water partition coefficient (Wildman–Crippen LogP) is 4.28. The molecule has 0 aliphatic heterocycles. The summed E-state index contributed by atoms with van der Waals surface area (Å²) < 4.78 is 0. The second-order valence-corrected chi connectivity index (χ2v) is 4.91. The van der Waals surface area contributed by atoms with Crippen LogP contribution in [0.15, 0.2) is 41.2 Å². The van der Waals surface area contributed by atoms with Gasteiger partial charge in [0.1, 0.15) is 5.82 Å². The fourth-order valence-electron chi connectivity index (χ4n) is 2.30. The van der Waals surface area contributed by atoms with Crippen LogP contribution in [0.5, 0.6) is 0 Å². The lowest BCUT2D eigenvalue weighted by atomic mass is 9.92. The summed E-state index contributed by atoms with van der Waals surface area (Å²) in [5.74, 6) is 1.23. The van der Waals surface area contributed by atoms with Crippen LogP contribution in [0.2, 0.25) is 0 Å². The van der Waals surface area contributed by atoms with E-state index in [0.717, 1.165) is 5.69 Å². The number of nitrogens with one attached hydrogen (secondary N) is 1. The third kappa shape index (κ3) is 5.47. The summed E-state index contributed by atoms with van der Waals surface area (Å²) >= 11 is 0. The molecule has 0 aromatic heterocycles. The zero-order valence-corrected chi connectivity index (χ0v) is 12.9. The van der Waals surface area contributed by atoms with Gasteiger partial charge in [-0.1, -0.05) is 32.4 Å². The Labute approximate surface area is 123 Å². The summed E-state index contributed by atoms with van der Waals surface area (Å²) in [5.41, 5.74) is 8.24. The quantitative estimate of drug-likeness (QED) is 0.694. The van der Waals surface area contributed by atoms with E-state index in [0.29, 0.717) is 18.3 Å². The molecule has 0 saturated heterocycles. The van der Waals surface area contributed by atoms with Crippen molar-refractivity contribution in [2.75, 3.05) is 11.9 Å². The van der Waals surface area contributed by atoms with E-state index < -0.39 is 0 Å². The molecule has 0 heterocycles. The standard InChI is InChI=1S/C17H27N3/c1-4-7-14(5-2)15-8-10-16(11-9-15)20-13-12-17(18)19-6-3/h6,8-12,14,20H,4-5,7,13,18H2,1-3H3/b17-12-,19-6?. The minimum Gasteiger partial charge on any atom is -0.384 e. The molecule has 0 radical (unpaired) electrons. The second kappa shape index (κ2) is 9.18. The summed E-state index contributed by atoms with van der Waals surface area (Å²) in [6.45, 7) is 7.05. The minimum absolute atomic E-state index is 0.547. The second-order valence-electron chi connectivity index (χ2n) is 4.91. The van der Waals surface area contributed by atoms with Gasteiger partial charge in [0.25, 0.3) is 0 Å². The first kappa shape index (κ1) is 16.3. The molecule has 20 heavy (non-hydrogen) atoms. The highest BCUT2D eigenvalue weighted by molar-refractivity contribution is 5.55. The Bertz CT molecular complexity index is 432. The lowest BCUT2D eigenvalue weighted by Crippen LogP contribution is -2.03. The molecule has 3 N–H and O–H groups in total. The highest BCUT2D eigenvalue weighted by atomic mass is 14.9. The maximum Gasteiger partial charge on any atom is 0.120 e. The van der Waals surface area contributed by atoms with E-state index in [2.05, 4.69) is 48.4 Å². The number of hydrogen-bond acceptors (Lipinski definition) is 3. The Morgan fingerprint density at radius 3 is 2.55 bits per heavy atom. The topological polar surface area (TPSA) is 50.4 Å². The molecule has 3 heteroatoms. The molecule has 1 atom stereocenters. The Balaban J connectivity index is 2.56. The molecule has 0 saturated carbocycles. The lowest BCUT2D eigenvalue weighted by Gasteiger charge is -2.15. The fraction of sp³-hybridized carbons (Fsp3) is 0.471. The highest BCUT2D eigenvalue weighted by Crippen LogP contribution is 2.25. The van der Waals surface area contributed by atoms with Gasteiger partial charge >= 0.3 is 0 Å². The van der Waals surface area contributed by atoms with E-state index in [1.54, 1.807) is 6.21 Å². The molecule has 0 aliphatic rings. The minimum atomic E-state index is 0.547. The number of anilines is 1. The Kier molecular flexibility index (Phi) is 7.48. The SMILES string of the molecule is CC=N/C(N)=C\CNc1ccc(C(CC)CCC)cc1. The monoisotopic (exact) mass is 273 g/mol. The van der Waals surface area contributed by atoms with E-state index in [1.165, 1.54) is 24.8 Å². The van der Waals surface area contributed by atoms with Gasteiger partial charge in [-0.15, -0.1) is 0 Å². The van der Waals surface area contributed by atoms with Gasteiger partial charge in [-0.05, 0) is 49.5 Å². The molecule has 0 amide bonds. The average molecular weight is 273 g/mol. The highest BCUT2D eigenvalue weighted by Gasteiger charge is 2.07. The Hall–Kier alpha value is -1.77. The molecule has 0 spiro atoms. The van der Waals surface area contributed by atoms with Crippen molar-refractivity contribution < 1.29 is 0 Å². The third-order valence-electron chi connectivity index (χ3n) is 3.41. The summed E-state index contributed by atoms with van der Waals surface area (Å²) in [6, 6.07) is 8.73. The van der Waals surface area contributed by atoms with Crippen LogP contribution in [0.1, 0.15) is 51.5 Å². The van der Waals surface area contributed by atoms with Crippen molar-refractivity contribution in [1.29, 1.82) is 0 Å². The smallest absolute Gasteiger partial charge is 0.120 e. The lowest BCUT2D eigenvalue weighted by molar-refractivity contribution is 0.596. The maximum absolute atomic E-state index is 5.69. The fourth-order valence-corrected chi connectivity index (χ4v) is 2.30. The van der Waals surface area contributed by atoms with E-state index in [1.807, 2.05) is 13.0 Å². The largest absolute Gasteiger partial charge is 0.384 e. The van der Waals surface area contributed by atoms with Crippen LogP contribution >= 0.6 is 0 Å². The Morgan fingerprint density at radius 1 is 1.30 bits per heavy atom. The van der Waals surface area contributed by atoms with Gasteiger partial charge in [-0.2, -0.15) is 0 Å². The molecule has 0 bridgehead atoms. The van der Waals surface area contributed by atoms with E-state index in [4.69, 9.17) is 5.73 Å². The van der Waals surface area contributed by atoms with Crippen LogP contribution in [0, 0.1) is 0 Å². The first-order valence-electron chi connectivity index (χ1n) is 7.49. The third-order valence-corrected chi connectivity index (χ3v) is 3.41. The van der Waals surface area contributed by atoms with Crippen molar-refractivity contribution in [2.24, 2.45) is 10.7 Å². The number of nitrogens with two attached hydrogens (primary N) is 1. The van der Waals surface area contributed by atoms with Gasteiger partial charge in [0, 0.05) is 18.4 Å². The molecule has 1 aromatic rings. The van der Waals surface area contributed by atoms with Crippen molar-refractivity contribution in [2.45, 2.75) is 46.0 Å². The first-order chi connectivity index (χ1) is 9.71. The van der Waals surface area contributed by atoms with Gasteiger partial charge < -0.3 is 11.1 Å². The summed E-state index contributed by atoms with van der Waals surface area (Å²) in [5, 5.41) is 3.32. The van der Waals surface area contributed by atoms with Crippen molar-refractivity contribution >= 4 is 11.9 Å². The van der Waals surface area contributed by atoms with Crippen LogP contribution in [0.4, 0.5) is 5.69 Å². The number of nitrogens with zero attached hydrogens (tertiary/aromatic N) is 1. The van der Waals surface area contributed by atoms with Crippen LogP contribution in [0.25, 0.3) is 0 Å². The van der Waals surface area contributed by atoms with Crippen molar-refractivity contribution in [3.8, 4) is 0 Å². The van der Waals surface area contributed by atoms with Crippen LogP contribution in [-0.2, 0) is 0 Å². The van der Waals surface area contributed by atoms with Gasteiger partial charge in [0.05, 0.1) is 0 Å². The van der Waals surface area contributed by atoms with Crippen LogP contribution in [-0.4, -0.2) is 12.8 Å².